The van der Waals surface area contributed by atoms with Gasteiger partial charge in [-0.2, -0.15) is 0 Å². The van der Waals surface area contributed by atoms with Gasteiger partial charge in [-0.05, 0) is 43.8 Å². The van der Waals surface area contributed by atoms with Gasteiger partial charge in [-0.25, -0.2) is 0 Å². The Labute approximate surface area is 132 Å². The first-order chi connectivity index (χ1) is 8.89. The van der Waals surface area contributed by atoms with Crippen molar-refractivity contribution in [2.45, 2.75) is 39.0 Å². The zero-order valence-corrected chi connectivity index (χ0v) is 14.8. The van der Waals surface area contributed by atoms with E-state index < -0.39 is 6.19 Å². The average Bonchev–Trinajstić information content (AvgIpc) is 2.28. The standard InChI is InChI=1S/C11H25N4PS3/c1-2-3-4-7-16(19,8-5-6-10(12)17)15-9-14-11(13)18/h2-9H2,1H3,(H2,12,17)(H,15,19)(H3,13,14,18). The summed E-state index contributed by atoms with van der Waals surface area (Å²) in [4.78, 5) is 0.566. The highest BCUT2D eigenvalue weighted by Gasteiger charge is 2.15. The fraction of sp³-hybridized carbons (Fsp3) is 0.818. The molecule has 0 aliphatic heterocycles. The molecule has 0 heterocycles. The van der Waals surface area contributed by atoms with E-state index in [0.717, 1.165) is 25.2 Å². The number of thiocarbonyl (C=S) groups is 2. The molecular weight excluding hydrogens is 315 g/mol. The van der Waals surface area contributed by atoms with Gasteiger partial charge in [0.15, 0.2) is 5.11 Å². The lowest BCUT2D eigenvalue weighted by atomic mass is 10.3. The van der Waals surface area contributed by atoms with Crippen LogP contribution in [0.4, 0.5) is 0 Å². The molecule has 0 bridgehead atoms. The highest BCUT2D eigenvalue weighted by atomic mass is 32.4. The lowest BCUT2D eigenvalue weighted by molar-refractivity contribution is 0.766. The van der Waals surface area contributed by atoms with Gasteiger partial charge >= 0.3 is 0 Å². The van der Waals surface area contributed by atoms with E-state index in [2.05, 4.69) is 17.3 Å². The molecule has 0 saturated carbocycles. The molecule has 0 rings (SSSR count). The first-order valence-electron chi connectivity index (χ1n) is 6.54. The Morgan fingerprint density at radius 1 is 1.11 bits per heavy atom. The number of hydrogen-bond acceptors (Lipinski definition) is 3. The fourth-order valence-corrected chi connectivity index (χ4v) is 5.16. The highest BCUT2D eigenvalue weighted by molar-refractivity contribution is 8.13. The van der Waals surface area contributed by atoms with Crippen LogP contribution in [0.15, 0.2) is 0 Å². The SMILES string of the molecule is CCCCCP(=S)(CCCC(N)=S)NCNC(N)=S. The predicted octanol–water partition coefficient (Wildman–Crippen LogP) is 2.02. The second-order valence-electron chi connectivity index (χ2n) is 4.49. The summed E-state index contributed by atoms with van der Waals surface area (Å²) in [7, 11) is 0. The second-order valence-corrected chi connectivity index (χ2v) is 10.5. The Morgan fingerprint density at radius 3 is 2.26 bits per heavy atom. The van der Waals surface area contributed by atoms with Gasteiger partial charge < -0.3 is 16.8 Å². The summed E-state index contributed by atoms with van der Waals surface area (Å²) >= 11 is 15.5. The van der Waals surface area contributed by atoms with Crippen molar-refractivity contribution in [2.24, 2.45) is 11.5 Å². The highest BCUT2D eigenvalue weighted by Crippen LogP contribution is 2.43. The largest absolute Gasteiger partial charge is 0.393 e. The normalized spacial score (nSPS) is 13.7. The fourth-order valence-electron chi connectivity index (χ4n) is 1.67. The monoisotopic (exact) mass is 340 g/mol. The van der Waals surface area contributed by atoms with Crippen molar-refractivity contribution in [1.29, 1.82) is 0 Å². The molecule has 6 N–H and O–H groups in total. The second kappa shape index (κ2) is 10.9. The Balaban J connectivity index is 4.22. The van der Waals surface area contributed by atoms with Gasteiger partial charge in [-0.1, -0.05) is 43.8 Å². The number of hydrogen-bond donors (Lipinski definition) is 4. The van der Waals surface area contributed by atoms with E-state index in [0.29, 0.717) is 16.8 Å². The number of nitrogens with one attached hydrogen (secondary N) is 2. The van der Waals surface area contributed by atoms with E-state index in [1.165, 1.54) is 19.3 Å². The van der Waals surface area contributed by atoms with Crippen LogP contribution in [-0.4, -0.2) is 29.1 Å². The quantitative estimate of drug-likeness (QED) is 0.198. The zero-order chi connectivity index (χ0) is 14.7. The van der Waals surface area contributed by atoms with Crippen LogP contribution < -0.4 is 21.9 Å². The number of rotatable bonds is 11. The van der Waals surface area contributed by atoms with E-state index in [4.69, 9.17) is 47.7 Å². The third kappa shape index (κ3) is 11.7. The maximum absolute atomic E-state index is 5.81. The summed E-state index contributed by atoms with van der Waals surface area (Å²) in [5.74, 6) is 0. The molecule has 0 aliphatic carbocycles. The topological polar surface area (TPSA) is 76.1 Å². The van der Waals surface area contributed by atoms with Gasteiger partial charge in [0.1, 0.15) is 0 Å². The van der Waals surface area contributed by atoms with Gasteiger partial charge in [0.2, 0.25) is 0 Å². The summed E-state index contributed by atoms with van der Waals surface area (Å²) in [5.41, 5.74) is 10.9. The summed E-state index contributed by atoms with van der Waals surface area (Å²) < 4.78 is 0. The molecule has 4 nitrogen and oxygen atoms in total. The summed E-state index contributed by atoms with van der Waals surface area (Å²) in [6.07, 6.45) is 5.78. The van der Waals surface area contributed by atoms with Gasteiger partial charge in [0, 0.05) is 6.19 Å². The molecule has 0 aliphatic rings. The van der Waals surface area contributed by atoms with Crippen LogP contribution >= 0.6 is 30.6 Å². The van der Waals surface area contributed by atoms with Gasteiger partial charge in [-0.15, -0.1) is 0 Å². The van der Waals surface area contributed by atoms with Crippen molar-refractivity contribution in [3.63, 3.8) is 0 Å². The van der Waals surface area contributed by atoms with Gasteiger partial charge in [-0.3, -0.25) is 5.09 Å². The van der Waals surface area contributed by atoms with Crippen molar-refractivity contribution >= 4 is 52.5 Å². The van der Waals surface area contributed by atoms with Crippen molar-refractivity contribution in [3.8, 4) is 0 Å². The summed E-state index contributed by atoms with van der Waals surface area (Å²) in [6, 6.07) is 0. The minimum absolute atomic E-state index is 0.297. The molecule has 1 atom stereocenters. The van der Waals surface area contributed by atoms with Crippen LogP contribution in [0.3, 0.4) is 0 Å². The number of unbranched alkanes of at least 4 members (excludes halogenated alkanes) is 2. The Bertz CT molecular complexity index is 312. The molecule has 0 fully saturated rings. The zero-order valence-electron chi connectivity index (χ0n) is 11.5. The molecule has 0 spiro atoms. The van der Waals surface area contributed by atoms with E-state index in [9.17, 15) is 0 Å². The van der Waals surface area contributed by atoms with Crippen LogP contribution in [0, 0.1) is 0 Å². The van der Waals surface area contributed by atoms with Crippen LogP contribution in [0.1, 0.15) is 39.0 Å². The minimum atomic E-state index is -1.57. The molecular formula is C11H25N4PS3. The predicted molar refractivity (Wildman–Crippen MR) is 97.5 cm³/mol. The van der Waals surface area contributed by atoms with Crippen molar-refractivity contribution < 1.29 is 0 Å². The third-order valence-corrected chi connectivity index (χ3v) is 7.34. The maximum Gasteiger partial charge on any atom is 0.164 e. The molecule has 1 unspecified atom stereocenters. The van der Waals surface area contributed by atoms with Crippen LogP contribution in [0.25, 0.3) is 0 Å². The lowest BCUT2D eigenvalue weighted by Crippen LogP contribution is -2.36. The summed E-state index contributed by atoms with van der Waals surface area (Å²) in [5, 5.41) is 6.62. The smallest absolute Gasteiger partial charge is 0.164 e. The average molecular weight is 341 g/mol. The Morgan fingerprint density at radius 2 is 1.74 bits per heavy atom. The first-order valence-corrected chi connectivity index (χ1v) is 10.5. The van der Waals surface area contributed by atoms with Crippen LogP contribution in [0.5, 0.6) is 0 Å². The Kier molecular flexibility index (Phi) is 11.0. The number of nitrogens with two attached hydrogens (primary N) is 2. The van der Waals surface area contributed by atoms with Crippen LogP contribution in [-0.2, 0) is 11.8 Å². The maximum atomic E-state index is 5.81. The minimum Gasteiger partial charge on any atom is -0.393 e. The van der Waals surface area contributed by atoms with Gasteiger partial charge in [0.05, 0.1) is 11.7 Å². The van der Waals surface area contributed by atoms with E-state index in [1.807, 2.05) is 0 Å². The van der Waals surface area contributed by atoms with E-state index >= 15 is 0 Å². The molecule has 0 aromatic heterocycles. The van der Waals surface area contributed by atoms with Crippen LogP contribution in [0.2, 0.25) is 0 Å². The van der Waals surface area contributed by atoms with E-state index in [1.54, 1.807) is 0 Å². The molecule has 19 heavy (non-hydrogen) atoms. The molecule has 0 aromatic rings. The van der Waals surface area contributed by atoms with E-state index in [-0.39, 0.29) is 0 Å². The molecule has 8 heteroatoms. The van der Waals surface area contributed by atoms with Crippen molar-refractivity contribution in [2.75, 3.05) is 19.0 Å². The molecule has 0 saturated heterocycles. The van der Waals surface area contributed by atoms with Crippen molar-refractivity contribution in [3.05, 3.63) is 0 Å². The lowest BCUT2D eigenvalue weighted by Gasteiger charge is -2.24. The molecule has 112 valence electrons. The molecule has 0 amide bonds. The first kappa shape index (κ1) is 19.2. The summed E-state index contributed by atoms with van der Waals surface area (Å²) in [6.45, 7) is 2.74. The molecule has 0 radical (unpaired) electrons. The molecule has 0 aromatic carbocycles. The van der Waals surface area contributed by atoms with Crippen molar-refractivity contribution in [1.82, 2.24) is 10.4 Å². The Hall–Kier alpha value is 0.190. The van der Waals surface area contributed by atoms with Gasteiger partial charge in [0.25, 0.3) is 0 Å². The third-order valence-electron chi connectivity index (χ3n) is 2.70.